The number of carbonyl (C=O) groups excluding carboxylic acids is 2. The van der Waals surface area contributed by atoms with Crippen LogP contribution < -0.4 is 16.6 Å². The van der Waals surface area contributed by atoms with E-state index in [0.717, 1.165) is 5.56 Å². The molecule has 0 spiro atoms. The lowest BCUT2D eigenvalue weighted by Crippen LogP contribution is -2.35. The van der Waals surface area contributed by atoms with Gasteiger partial charge in [-0.3, -0.25) is 14.4 Å². The maximum Gasteiger partial charge on any atom is 0.264 e. The fraction of sp³-hybridized carbons (Fsp3) is 0.235. The van der Waals surface area contributed by atoms with Crippen LogP contribution in [-0.4, -0.2) is 16.4 Å². The molecule has 2 amide bonds. The highest BCUT2D eigenvalue weighted by atomic mass is 35.5. The first kappa shape index (κ1) is 17.7. The minimum Gasteiger partial charge on any atom is -0.365 e. The van der Waals surface area contributed by atoms with Crippen LogP contribution in [-0.2, 0) is 11.3 Å². The number of hydrogen-bond acceptors (Lipinski definition) is 3. The summed E-state index contributed by atoms with van der Waals surface area (Å²) < 4.78 is 1.22. The minimum absolute atomic E-state index is 0.105. The molecule has 2 aromatic rings. The van der Waals surface area contributed by atoms with E-state index in [-0.39, 0.29) is 12.1 Å². The molecular formula is C17H18ClN3O3. The number of halogens is 1. The lowest BCUT2D eigenvalue weighted by atomic mass is 10.1. The van der Waals surface area contributed by atoms with Crippen molar-refractivity contribution in [2.24, 2.45) is 5.73 Å². The Morgan fingerprint density at radius 2 is 1.83 bits per heavy atom. The maximum atomic E-state index is 12.4. The molecule has 0 aliphatic heterocycles. The van der Waals surface area contributed by atoms with Crippen molar-refractivity contribution in [3.8, 4) is 0 Å². The highest BCUT2D eigenvalue weighted by molar-refractivity contribution is 6.31. The molecule has 0 fully saturated rings. The summed E-state index contributed by atoms with van der Waals surface area (Å²) in [4.78, 5) is 36.1. The molecule has 6 nitrogen and oxygen atoms in total. The number of carbonyl (C=O) groups is 2. The summed E-state index contributed by atoms with van der Waals surface area (Å²) in [6, 6.07) is 6.79. The Kier molecular flexibility index (Phi) is 5.09. The van der Waals surface area contributed by atoms with E-state index in [0.29, 0.717) is 22.0 Å². The number of nitrogens with one attached hydrogen (secondary N) is 1. The molecule has 7 heteroatoms. The number of rotatable bonds is 4. The number of aryl methyl sites for hydroxylation is 3. The monoisotopic (exact) mass is 347 g/mol. The highest BCUT2D eigenvalue weighted by Crippen LogP contribution is 2.20. The van der Waals surface area contributed by atoms with E-state index in [1.165, 1.54) is 4.57 Å². The van der Waals surface area contributed by atoms with Gasteiger partial charge in [-0.2, -0.15) is 0 Å². The van der Waals surface area contributed by atoms with E-state index in [1.807, 2.05) is 6.92 Å². The second-order valence-corrected chi connectivity index (χ2v) is 6.02. The zero-order valence-electron chi connectivity index (χ0n) is 13.6. The average molecular weight is 348 g/mol. The van der Waals surface area contributed by atoms with Gasteiger partial charge in [0.2, 0.25) is 5.91 Å². The van der Waals surface area contributed by atoms with Gasteiger partial charge in [0.1, 0.15) is 12.1 Å². The van der Waals surface area contributed by atoms with Crippen molar-refractivity contribution in [2.75, 3.05) is 5.32 Å². The normalized spacial score (nSPS) is 10.5. The van der Waals surface area contributed by atoms with E-state index >= 15 is 0 Å². The van der Waals surface area contributed by atoms with Crippen LogP contribution in [0.3, 0.4) is 0 Å². The molecule has 24 heavy (non-hydrogen) atoms. The first-order valence-corrected chi connectivity index (χ1v) is 7.65. The molecule has 2 rings (SSSR count). The number of aromatic nitrogens is 1. The Bertz CT molecular complexity index is 887. The fourth-order valence-electron chi connectivity index (χ4n) is 2.44. The first-order valence-electron chi connectivity index (χ1n) is 7.27. The lowest BCUT2D eigenvalue weighted by molar-refractivity contribution is -0.116. The van der Waals surface area contributed by atoms with Crippen LogP contribution in [0.2, 0.25) is 5.02 Å². The fourth-order valence-corrected chi connectivity index (χ4v) is 2.62. The molecular weight excluding hydrogens is 330 g/mol. The molecule has 1 aromatic carbocycles. The lowest BCUT2D eigenvalue weighted by Gasteiger charge is -2.13. The van der Waals surface area contributed by atoms with Gasteiger partial charge in [-0.05, 0) is 50.1 Å². The van der Waals surface area contributed by atoms with Gasteiger partial charge in [-0.25, -0.2) is 0 Å². The topological polar surface area (TPSA) is 94.2 Å². The number of hydrogen-bond donors (Lipinski definition) is 2. The SMILES string of the molecule is Cc1ccc(NC(=O)Cn2c(C)cc(C)c(C(N)=O)c2=O)cc1Cl. The molecule has 1 aromatic heterocycles. The van der Waals surface area contributed by atoms with E-state index in [4.69, 9.17) is 17.3 Å². The number of pyridine rings is 1. The van der Waals surface area contributed by atoms with Crippen molar-refractivity contribution in [1.82, 2.24) is 4.57 Å². The molecule has 0 unspecified atom stereocenters. The maximum absolute atomic E-state index is 12.4. The molecule has 0 aliphatic carbocycles. The summed E-state index contributed by atoms with van der Waals surface area (Å²) in [7, 11) is 0. The third-order valence-corrected chi connectivity index (χ3v) is 4.12. The van der Waals surface area contributed by atoms with Gasteiger partial charge in [0, 0.05) is 16.4 Å². The second kappa shape index (κ2) is 6.88. The van der Waals surface area contributed by atoms with Gasteiger partial charge in [0.25, 0.3) is 11.5 Å². The van der Waals surface area contributed by atoms with Gasteiger partial charge in [-0.15, -0.1) is 0 Å². The van der Waals surface area contributed by atoms with E-state index in [2.05, 4.69) is 5.32 Å². The average Bonchev–Trinajstić information content (AvgIpc) is 2.46. The quantitative estimate of drug-likeness (QED) is 0.887. The molecule has 0 saturated carbocycles. The number of nitrogens with two attached hydrogens (primary N) is 1. The molecule has 0 aliphatic rings. The number of primary amides is 1. The summed E-state index contributed by atoms with van der Waals surface area (Å²) in [6.07, 6.45) is 0. The molecule has 0 bridgehead atoms. The largest absolute Gasteiger partial charge is 0.365 e. The second-order valence-electron chi connectivity index (χ2n) is 5.61. The van der Waals surface area contributed by atoms with Crippen molar-refractivity contribution in [3.05, 3.63) is 62.0 Å². The summed E-state index contributed by atoms with van der Waals surface area (Å²) in [5.74, 6) is -1.21. The highest BCUT2D eigenvalue weighted by Gasteiger charge is 2.16. The van der Waals surface area contributed by atoms with Gasteiger partial charge < -0.3 is 15.6 Å². The zero-order valence-corrected chi connectivity index (χ0v) is 14.4. The van der Waals surface area contributed by atoms with Crippen molar-refractivity contribution in [2.45, 2.75) is 27.3 Å². The Morgan fingerprint density at radius 1 is 1.17 bits per heavy atom. The predicted molar refractivity (Wildman–Crippen MR) is 93.5 cm³/mol. The van der Waals surface area contributed by atoms with Crippen LogP contribution in [0.4, 0.5) is 5.69 Å². The molecule has 0 saturated heterocycles. The van der Waals surface area contributed by atoms with Gasteiger partial charge in [0.15, 0.2) is 0 Å². The Labute approximate surface area is 144 Å². The smallest absolute Gasteiger partial charge is 0.264 e. The summed E-state index contributed by atoms with van der Waals surface area (Å²) >= 11 is 6.02. The molecule has 0 atom stereocenters. The zero-order chi connectivity index (χ0) is 18.0. The number of anilines is 1. The van der Waals surface area contributed by atoms with Crippen LogP contribution in [0.1, 0.15) is 27.2 Å². The third-order valence-electron chi connectivity index (χ3n) is 3.71. The standard InChI is InChI=1S/C17H18ClN3O3/c1-9-4-5-12(7-13(9)18)20-14(22)8-21-11(3)6-10(2)15(16(19)23)17(21)24/h4-7H,8H2,1-3H3,(H2,19,23)(H,20,22). The van der Waals surface area contributed by atoms with Crippen LogP contribution in [0, 0.1) is 20.8 Å². The number of benzene rings is 1. The molecule has 1 heterocycles. The first-order chi connectivity index (χ1) is 11.2. The van der Waals surface area contributed by atoms with Crippen molar-refractivity contribution in [3.63, 3.8) is 0 Å². The summed E-state index contributed by atoms with van der Waals surface area (Å²) in [5, 5.41) is 3.21. The van der Waals surface area contributed by atoms with Crippen LogP contribution in [0.25, 0.3) is 0 Å². The molecule has 3 N–H and O–H groups in total. The Hall–Kier alpha value is -2.60. The minimum atomic E-state index is -0.808. The van der Waals surface area contributed by atoms with E-state index in [9.17, 15) is 14.4 Å². The summed E-state index contributed by atoms with van der Waals surface area (Å²) in [5.41, 5.74) is 7.06. The van der Waals surface area contributed by atoms with Crippen molar-refractivity contribution < 1.29 is 9.59 Å². The van der Waals surface area contributed by atoms with Gasteiger partial charge in [-0.1, -0.05) is 17.7 Å². The van der Waals surface area contributed by atoms with Crippen LogP contribution in [0.5, 0.6) is 0 Å². The predicted octanol–water partition coefficient (Wildman–Crippen LogP) is 2.16. The van der Waals surface area contributed by atoms with Crippen LogP contribution in [0.15, 0.2) is 29.1 Å². The van der Waals surface area contributed by atoms with Crippen molar-refractivity contribution in [1.29, 1.82) is 0 Å². The van der Waals surface area contributed by atoms with E-state index in [1.54, 1.807) is 38.1 Å². The number of amides is 2. The van der Waals surface area contributed by atoms with Crippen LogP contribution >= 0.6 is 11.6 Å². The number of nitrogens with zero attached hydrogens (tertiary/aromatic N) is 1. The molecule has 0 radical (unpaired) electrons. The molecule has 126 valence electrons. The van der Waals surface area contributed by atoms with Crippen molar-refractivity contribution >= 4 is 29.1 Å². The van der Waals surface area contributed by atoms with Gasteiger partial charge in [0.05, 0.1) is 0 Å². The third kappa shape index (κ3) is 3.65. The Morgan fingerprint density at radius 3 is 2.42 bits per heavy atom. The van der Waals surface area contributed by atoms with Gasteiger partial charge >= 0.3 is 0 Å². The Balaban J connectivity index is 2.29. The summed E-state index contributed by atoms with van der Waals surface area (Å²) in [6.45, 7) is 4.95. The van der Waals surface area contributed by atoms with E-state index < -0.39 is 17.4 Å².